The van der Waals surface area contributed by atoms with Crippen molar-refractivity contribution in [1.29, 1.82) is 0 Å². The molecule has 0 bridgehead atoms. The fourth-order valence-electron chi connectivity index (χ4n) is 4.30. The fourth-order valence-corrected chi connectivity index (χ4v) is 4.30. The molecule has 3 fully saturated rings. The SMILES string of the molecule is CN(C)[C@@H]1CCN(CC(=O)N2CCCC3(CCOCC3)C2)C1. The number of ether oxygens (including phenoxy) is 1. The number of piperidine rings is 1. The van der Waals surface area contributed by atoms with E-state index in [1.165, 1.54) is 12.8 Å². The maximum absolute atomic E-state index is 12.7. The van der Waals surface area contributed by atoms with E-state index in [2.05, 4.69) is 28.8 Å². The van der Waals surface area contributed by atoms with Crippen molar-refractivity contribution in [2.24, 2.45) is 5.41 Å². The Hall–Kier alpha value is -0.650. The van der Waals surface area contributed by atoms with Crippen LogP contribution in [0.2, 0.25) is 0 Å². The highest BCUT2D eigenvalue weighted by Crippen LogP contribution is 2.39. The Morgan fingerprint density at radius 3 is 2.68 bits per heavy atom. The average Bonchev–Trinajstić information content (AvgIpc) is 2.97. The van der Waals surface area contributed by atoms with Crippen molar-refractivity contribution in [1.82, 2.24) is 14.7 Å². The van der Waals surface area contributed by atoms with Gasteiger partial charge in [-0.1, -0.05) is 0 Å². The molecular formula is C17H31N3O2. The second kappa shape index (κ2) is 6.85. The molecule has 0 aromatic carbocycles. The largest absolute Gasteiger partial charge is 0.381 e. The van der Waals surface area contributed by atoms with E-state index < -0.39 is 0 Å². The standard InChI is InChI=1S/C17H31N3O2/c1-18(2)15-4-9-19(12-15)13-16(21)20-8-3-5-17(14-20)6-10-22-11-7-17/h15H,3-14H2,1-2H3/t15-/m1/s1. The van der Waals surface area contributed by atoms with Crippen LogP contribution in [0.3, 0.4) is 0 Å². The molecule has 3 saturated heterocycles. The Labute approximate surface area is 134 Å². The summed E-state index contributed by atoms with van der Waals surface area (Å²) in [7, 11) is 4.27. The molecule has 5 nitrogen and oxygen atoms in total. The number of likely N-dealkylation sites (N-methyl/N-ethyl adjacent to an activating group) is 1. The molecule has 22 heavy (non-hydrogen) atoms. The lowest BCUT2D eigenvalue weighted by atomic mass is 9.74. The van der Waals surface area contributed by atoms with Crippen LogP contribution in [-0.4, -0.2) is 86.7 Å². The van der Waals surface area contributed by atoms with Gasteiger partial charge < -0.3 is 14.5 Å². The number of rotatable bonds is 3. The topological polar surface area (TPSA) is 36.0 Å². The summed E-state index contributed by atoms with van der Waals surface area (Å²) in [4.78, 5) is 19.4. The zero-order valence-corrected chi connectivity index (χ0v) is 14.2. The lowest BCUT2D eigenvalue weighted by Gasteiger charge is -2.45. The van der Waals surface area contributed by atoms with Gasteiger partial charge in [-0.2, -0.15) is 0 Å². The van der Waals surface area contributed by atoms with Gasteiger partial charge in [-0.3, -0.25) is 9.69 Å². The third kappa shape index (κ3) is 3.63. The van der Waals surface area contributed by atoms with E-state index in [1.807, 2.05) is 0 Å². The van der Waals surface area contributed by atoms with Crippen molar-refractivity contribution in [3.8, 4) is 0 Å². The summed E-state index contributed by atoms with van der Waals surface area (Å²) < 4.78 is 5.52. The van der Waals surface area contributed by atoms with Crippen LogP contribution in [0.5, 0.6) is 0 Å². The summed E-state index contributed by atoms with van der Waals surface area (Å²) in [5.41, 5.74) is 0.351. The van der Waals surface area contributed by atoms with Crippen LogP contribution in [-0.2, 0) is 9.53 Å². The van der Waals surface area contributed by atoms with Crippen LogP contribution < -0.4 is 0 Å². The molecular weight excluding hydrogens is 278 g/mol. The quantitative estimate of drug-likeness (QED) is 0.780. The molecule has 3 aliphatic heterocycles. The highest BCUT2D eigenvalue weighted by molar-refractivity contribution is 5.78. The van der Waals surface area contributed by atoms with E-state index in [4.69, 9.17) is 4.74 Å². The zero-order chi connectivity index (χ0) is 15.6. The monoisotopic (exact) mass is 309 g/mol. The average molecular weight is 309 g/mol. The van der Waals surface area contributed by atoms with Crippen molar-refractivity contribution < 1.29 is 9.53 Å². The Bertz CT molecular complexity index is 388. The molecule has 0 saturated carbocycles. The van der Waals surface area contributed by atoms with Gasteiger partial charge >= 0.3 is 0 Å². The Morgan fingerprint density at radius 1 is 1.23 bits per heavy atom. The molecule has 1 spiro atoms. The molecule has 126 valence electrons. The number of amides is 1. The Kier molecular flexibility index (Phi) is 5.05. The summed E-state index contributed by atoms with van der Waals surface area (Å²) in [5, 5.41) is 0. The summed E-state index contributed by atoms with van der Waals surface area (Å²) >= 11 is 0. The van der Waals surface area contributed by atoms with E-state index >= 15 is 0 Å². The molecule has 0 aliphatic carbocycles. The maximum Gasteiger partial charge on any atom is 0.236 e. The minimum Gasteiger partial charge on any atom is -0.381 e. The van der Waals surface area contributed by atoms with Crippen LogP contribution in [0, 0.1) is 5.41 Å². The first-order valence-electron chi connectivity index (χ1n) is 8.82. The fraction of sp³-hybridized carbons (Fsp3) is 0.941. The van der Waals surface area contributed by atoms with Gasteiger partial charge in [-0.15, -0.1) is 0 Å². The predicted molar refractivity (Wildman–Crippen MR) is 86.8 cm³/mol. The van der Waals surface area contributed by atoms with E-state index in [0.717, 1.165) is 58.7 Å². The molecule has 0 unspecified atom stereocenters. The van der Waals surface area contributed by atoms with E-state index in [1.54, 1.807) is 0 Å². The summed E-state index contributed by atoms with van der Waals surface area (Å²) in [6.45, 7) is 6.35. The van der Waals surface area contributed by atoms with Gasteiger partial charge in [0, 0.05) is 45.4 Å². The summed E-state index contributed by atoms with van der Waals surface area (Å²) in [5.74, 6) is 0.338. The van der Waals surface area contributed by atoms with Crippen molar-refractivity contribution in [2.45, 2.75) is 38.1 Å². The second-order valence-electron chi connectivity index (χ2n) is 7.67. The number of hydrogen-bond donors (Lipinski definition) is 0. The molecule has 0 aromatic heterocycles. The molecule has 3 heterocycles. The Morgan fingerprint density at radius 2 is 2.00 bits per heavy atom. The van der Waals surface area contributed by atoms with Crippen molar-refractivity contribution in [3.63, 3.8) is 0 Å². The minimum atomic E-state index is 0.338. The van der Waals surface area contributed by atoms with Gasteiger partial charge in [0.15, 0.2) is 0 Å². The van der Waals surface area contributed by atoms with Crippen LogP contribution >= 0.6 is 0 Å². The highest BCUT2D eigenvalue weighted by atomic mass is 16.5. The first-order chi connectivity index (χ1) is 10.6. The smallest absolute Gasteiger partial charge is 0.236 e. The molecule has 0 aromatic rings. The minimum absolute atomic E-state index is 0.338. The third-order valence-electron chi connectivity index (χ3n) is 5.90. The molecule has 1 atom stereocenters. The molecule has 1 amide bonds. The molecule has 3 aliphatic rings. The van der Waals surface area contributed by atoms with E-state index in [9.17, 15) is 4.79 Å². The van der Waals surface area contributed by atoms with Gasteiger partial charge in [0.2, 0.25) is 5.91 Å². The molecule has 3 rings (SSSR count). The molecule has 0 radical (unpaired) electrons. The number of nitrogens with zero attached hydrogens (tertiary/aromatic N) is 3. The third-order valence-corrected chi connectivity index (χ3v) is 5.90. The number of carbonyl (C=O) groups excluding carboxylic acids is 1. The zero-order valence-electron chi connectivity index (χ0n) is 14.2. The van der Waals surface area contributed by atoms with Crippen LogP contribution in [0.4, 0.5) is 0 Å². The van der Waals surface area contributed by atoms with Crippen LogP contribution in [0.15, 0.2) is 0 Å². The van der Waals surface area contributed by atoms with E-state index in [0.29, 0.717) is 23.9 Å². The van der Waals surface area contributed by atoms with Crippen molar-refractivity contribution in [3.05, 3.63) is 0 Å². The van der Waals surface area contributed by atoms with Gasteiger partial charge in [-0.05, 0) is 51.6 Å². The summed E-state index contributed by atoms with van der Waals surface area (Å²) in [6, 6.07) is 0.607. The number of carbonyl (C=O) groups is 1. The first-order valence-corrected chi connectivity index (χ1v) is 8.82. The predicted octanol–water partition coefficient (Wildman–Crippen LogP) is 1.04. The molecule has 5 heteroatoms. The maximum atomic E-state index is 12.7. The van der Waals surface area contributed by atoms with Crippen LogP contribution in [0.1, 0.15) is 32.1 Å². The van der Waals surface area contributed by atoms with Crippen molar-refractivity contribution >= 4 is 5.91 Å². The van der Waals surface area contributed by atoms with Gasteiger partial charge in [0.25, 0.3) is 0 Å². The lowest BCUT2D eigenvalue weighted by molar-refractivity contribution is -0.137. The highest BCUT2D eigenvalue weighted by Gasteiger charge is 2.38. The van der Waals surface area contributed by atoms with Gasteiger partial charge in [-0.25, -0.2) is 0 Å². The lowest BCUT2D eigenvalue weighted by Crippen LogP contribution is -2.50. The first kappa shape index (κ1) is 16.2. The number of likely N-dealkylation sites (tertiary alicyclic amines) is 2. The normalized spacial score (nSPS) is 29.4. The van der Waals surface area contributed by atoms with Gasteiger partial charge in [0.05, 0.1) is 6.54 Å². The number of hydrogen-bond acceptors (Lipinski definition) is 4. The Balaban J connectivity index is 1.52. The second-order valence-corrected chi connectivity index (χ2v) is 7.67. The van der Waals surface area contributed by atoms with Crippen LogP contribution in [0.25, 0.3) is 0 Å². The van der Waals surface area contributed by atoms with Crippen molar-refractivity contribution in [2.75, 3.05) is 60.0 Å². The molecule has 0 N–H and O–H groups in total. The van der Waals surface area contributed by atoms with Gasteiger partial charge in [0.1, 0.15) is 0 Å². The summed E-state index contributed by atoms with van der Waals surface area (Å²) in [6.07, 6.45) is 5.87. The van der Waals surface area contributed by atoms with E-state index in [-0.39, 0.29) is 0 Å².